The maximum absolute atomic E-state index is 12.2. The Kier molecular flexibility index (Phi) is 6.77. The van der Waals surface area contributed by atoms with Gasteiger partial charge in [-0.15, -0.1) is 0 Å². The van der Waals surface area contributed by atoms with Crippen molar-refractivity contribution >= 4 is 23.3 Å². The van der Waals surface area contributed by atoms with E-state index in [4.69, 9.17) is 16.3 Å². The molecule has 1 saturated heterocycles. The molecule has 1 fully saturated rings. The molecule has 0 saturated carbocycles. The molecule has 1 unspecified atom stereocenters. The molecule has 0 aliphatic carbocycles. The van der Waals surface area contributed by atoms with Gasteiger partial charge in [0.05, 0.1) is 12.1 Å². The molecule has 1 aromatic heterocycles. The third-order valence-corrected chi connectivity index (χ3v) is 5.80. The third-order valence-electron chi connectivity index (χ3n) is 5.20. The van der Waals surface area contributed by atoms with E-state index >= 15 is 0 Å². The molecule has 0 radical (unpaired) electrons. The van der Waals surface area contributed by atoms with E-state index in [1.54, 1.807) is 6.92 Å². The first-order valence-electron chi connectivity index (χ1n) is 9.69. The van der Waals surface area contributed by atoms with E-state index in [1.807, 2.05) is 30.9 Å². The summed E-state index contributed by atoms with van der Waals surface area (Å²) in [6, 6.07) is 3.76. The number of halogens is 1. The van der Waals surface area contributed by atoms with Crippen molar-refractivity contribution in [3.8, 4) is 5.75 Å². The van der Waals surface area contributed by atoms with Crippen molar-refractivity contribution in [3.63, 3.8) is 0 Å². The number of carbonyl (C=O) groups excluding carboxylic acids is 1. The number of ether oxygens (including phenoxy) is 1. The van der Waals surface area contributed by atoms with Crippen LogP contribution in [0.3, 0.4) is 0 Å². The highest BCUT2D eigenvalue weighted by Gasteiger charge is 2.31. The summed E-state index contributed by atoms with van der Waals surface area (Å²) in [6.07, 6.45) is 1.91. The van der Waals surface area contributed by atoms with Gasteiger partial charge in [-0.2, -0.15) is 0 Å². The van der Waals surface area contributed by atoms with Gasteiger partial charge >= 0.3 is 0 Å². The molecule has 0 spiro atoms. The summed E-state index contributed by atoms with van der Waals surface area (Å²) in [5.41, 5.74) is 1.50. The largest absolute Gasteiger partial charge is 0.491 e. The van der Waals surface area contributed by atoms with Crippen molar-refractivity contribution in [2.75, 3.05) is 31.6 Å². The van der Waals surface area contributed by atoms with Gasteiger partial charge in [0.25, 0.3) is 0 Å². The third kappa shape index (κ3) is 5.68. The molecule has 9 heteroatoms. The second-order valence-electron chi connectivity index (χ2n) is 7.76. The summed E-state index contributed by atoms with van der Waals surface area (Å²) in [5.74, 6) is 0.857. The summed E-state index contributed by atoms with van der Waals surface area (Å²) in [7, 11) is 0. The summed E-state index contributed by atoms with van der Waals surface area (Å²) in [5, 5.41) is 21.7. The smallest absolute Gasteiger partial charge is 0.239 e. The molecule has 1 amide bonds. The molecule has 2 heterocycles. The van der Waals surface area contributed by atoms with Crippen molar-refractivity contribution in [1.82, 2.24) is 15.2 Å². The minimum absolute atomic E-state index is 0.183. The fourth-order valence-electron chi connectivity index (χ4n) is 3.46. The van der Waals surface area contributed by atoms with Gasteiger partial charge in [0.1, 0.15) is 18.1 Å². The van der Waals surface area contributed by atoms with Crippen LogP contribution in [0, 0.1) is 20.8 Å². The minimum Gasteiger partial charge on any atom is -0.491 e. The topological polar surface area (TPSA) is 101 Å². The van der Waals surface area contributed by atoms with Crippen molar-refractivity contribution < 1.29 is 19.3 Å². The summed E-state index contributed by atoms with van der Waals surface area (Å²) in [4.78, 5) is 14.3. The Hall–Kier alpha value is -2.16. The monoisotopic (exact) mass is 422 g/mol. The Bertz CT molecular complexity index is 849. The number of aliphatic hydroxyl groups is 1. The predicted molar refractivity (Wildman–Crippen MR) is 109 cm³/mol. The van der Waals surface area contributed by atoms with E-state index < -0.39 is 5.60 Å². The maximum Gasteiger partial charge on any atom is 0.239 e. The molecule has 0 bridgehead atoms. The number of hydrogen-bond acceptors (Lipinski definition) is 7. The van der Waals surface area contributed by atoms with Crippen LogP contribution in [0.5, 0.6) is 5.75 Å². The number of aryl methyl sites for hydroxylation is 3. The first-order valence-corrected chi connectivity index (χ1v) is 10.1. The average Bonchev–Trinajstić information content (AvgIpc) is 2.97. The second kappa shape index (κ2) is 9.11. The fraction of sp³-hybridized carbons (Fsp3) is 0.550. The number of aromatic nitrogens is 2. The van der Waals surface area contributed by atoms with E-state index in [2.05, 4.69) is 20.3 Å². The lowest BCUT2D eigenvalue weighted by molar-refractivity contribution is -0.117. The zero-order chi connectivity index (χ0) is 21.0. The van der Waals surface area contributed by atoms with Crippen molar-refractivity contribution in [2.24, 2.45) is 0 Å². The molecule has 1 aliphatic rings. The Balaban J connectivity index is 1.51. The van der Waals surface area contributed by atoms with Gasteiger partial charge in [-0.1, -0.05) is 16.8 Å². The standard InChI is InChI=1S/C20H27ClN4O4/c1-13-9-16(10-14(2)18(13)21)28-12-20(27)5-4-7-25(8-6-20)11-17(26)22-19-15(3)23-29-24-19/h9-10,27H,4-8,11-12H2,1-3H3,(H,22,24,26). The van der Waals surface area contributed by atoms with Gasteiger partial charge in [-0.25, -0.2) is 4.63 Å². The number of amides is 1. The van der Waals surface area contributed by atoms with E-state index in [1.165, 1.54) is 0 Å². The first kappa shape index (κ1) is 21.5. The lowest BCUT2D eigenvalue weighted by Gasteiger charge is -2.27. The average molecular weight is 423 g/mol. The van der Waals surface area contributed by atoms with Gasteiger partial charge in [0.15, 0.2) is 5.82 Å². The van der Waals surface area contributed by atoms with Crippen LogP contribution in [-0.2, 0) is 4.79 Å². The maximum atomic E-state index is 12.2. The van der Waals surface area contributed by atoms with Crippen LogP contribution in [0.25, 0.3) is 0 Å². The number of likely N-dealkylation sites (tertiary alicyclic amines) is 1. The number of benzene rings is 1. The molecule has 8 nitrogen and oxygen atoms in total. The van der Waals surface area contributed by atoms with Crippen molar-refractivity contribution in [1.29, 1.82) is 0 Å². The lowest BCUT2D eigenvalue weighted by Crippen LogP contribution is -2.38. The summed E-state index contributed by atoms with van der Waals surface area (Å²) < 4.78 is 10.5. The molecule has 1 aliphatic heterocycles. The zero-order valence-corrected chi connectivity index (χ0v) is 17.8. The van der Waals surface area contributed by atoms with Gasteiger partial charge in [-0.3, -0.25) is 9.69 Å². The number of hydrogen-bond donors (Lipinski definition) is 2. The number of nitrogens with one attached hydrogen (secondary N) is 1. The van der Waals surface area contributed by atoms with E-state index in [0.717, 1.165) is 29.1 Å². The van der Waals surface area contributed by atoms with E-state index in [9.17, 15) is 9.90 Å². The second-order valence-corrected chi connectivity index (χ2v) is 8.14. The zero-order valence-electron chi connectivity index (χ0n) is 17.0. The van der Waals surface area contributed by atoms with Crippen LogP contribution in [0.2, 0.25) is 5.02 Å². The molecule has 158 valence electrons. The molecule has 2 aromatic rings. The molecule has 1 atom stereocenters. The Morgan fingerprint density at radius 2 is 2.00 bits per heavy atom. The molecule has 3 rings (SSSR count). The Morgan fingerprint density at radius 1 is 1.28 bits per heavy atom. The highest BCUT2D eigenvalue weighted by Crippen LogP contribution is 2.28. The number of nitrogens with zero attached hydrogens (tertiary/aromatic N) is 3. The first-order chi connectivity index (χ1) is 13.8. The Morgan fingerprint density at radius 3 is 2.66 bits per heavy atom. The van der Waals surface area contributed by atoms with Gasteiger partial charge in [-0.05, 0) is 75.0 Å². The summed E-state index contributed by atoms with van der Waals surface area (Å²) in [6.45, 7) is 7.33. The fourth-order valence-corrected chi connectivity index (χ4v) is 3.57. The molecular weight excluding hydrogens is 396 g/mol. The quantitative estimate of drug-likeness (QED) is 0.738. The van der Waals surface area contributed by atoms with E-state index in [0.29, 0.717) is 36.6 Å². The number of anilines is 1. The molecule has 1 aromatic carbocycles. The van der Waals surface area contributed by atoms with Crippen molar-refractivity contribution in [2.45, 2.75) is 45.6 Å². The molecular formula is C20H27ClN4O4. The highest BCUT2D eigenvalue weighted by atomic mass is 35.5. The SMILES string of the molecule is Cc1cc(OCC2(O)CCCN(CC(=O)Nc3nonc3C)CC2)cc(C)c1Cl. The van der Waals surface area contributed by atoms with Gasteiger partial charge < -0.3 is 15.2 Å². The van der Waals surface area contributed by atoms with E-state index in [-0.39, 0.29) is 19.1 Å². The lowest BCUT2D eigenvalue weighted by atomic mass is 9.96. The van der Waals surface area contributed by atoms with Crippen LogP contribution in [0.1, 0.15) is 36.1 Å². The summed E-state index contributed by atoms with van der Waals surface area (Å²) >= 11 is 6.20. The van der Waals surface area contributed by atoms with Crippen LogP contribution in [-0.4, -0.2) is 58.1 Å². The highest BCUT2D eigenvalue weighted by molar-refractivity contribution is 6.32. The minimum atomic E-state index is -0.931. The predicted octanol–water partition coefficient (Wildman–Crippen LogP) is 2.88. The van der Waals surface area contributed by atoms with Gasteiger partial charge in [0, 0.05) is 11.6 Å². The van der Waals surface area contributed by atoms with Crippen molar-refractivity contribution in [3.05, 3.63) is 34.0 Å². The number of rotatable bonds is 6. The Labute approximate surface area is 175 Å². The van der Waals surface area contributed by atoms with Crippen LogP contribution < -0.4 is 10.1 Å². The van der Waals surface area contributed by atoms with Gasteiger partial charge in [0.2, 0.25) is 5.91 Å². The number of carbonyl (C=O) groups is 1. The van der Waals surface area contributed by atoms with Crippen LogP contribution in [0.15, 0.2) is 16.8 Å². The van der Waals surface area contributed by atoms with Crippen LogP contribution in [0.4, 0.5) is 5.82 Å². The van der Waals surface area contributed by atoms with Crippen LogP contribution >= 0.6 is 11.6 Å². The normalized spacial score (nSPS) is 20.3. The molecule has 2 N–H and O–H groups in total. The molecule has 29 heavy (non-hydrogen) atoms.